The first-order valence-electron chi connectivity index (χ1n) is 8.63. The van der Waals surface area contributed by atoms with E-state index < -0.39 is 10.0 Å². The first-order valence-corrected chi connectivity index (χ1v) is 10.5. The van der Waals surface area contributed by atoms with Crippen molar-refractivity contribution in [1.82, 2.24) is 10.2 Å². The third kappa shape index (κ3) is 5.33. The van der Waals surface area contributed by atoms with Crippen LogP contribution in [-0.4, -0.2) is 37.9 Å². The molecule has 0 radical (unpaired) electrons. The minimum Gasteiger partial charge on any atom is -0.495 e. The molecule has 156 valence electrons. The zero-order chi connectivity index (χ0) is 21.6. The van der Waals surface area contributed by atoms with Crippen molar-refractivity contribution in [2.24, 2.45) is 0 Å². The Labute approximate surface area is 179 Å². The summed E-state index contributed by atoms with van der Waals surface area (Å²) in [6.45, 7) is 0. The highest BCUT2D eigenvalue weighted by molar-refractivity contribution is 7.92. The van der Waals surface area contributed by atoms with E-state index in [4.69, 9.17) is 21.7 Å². The molecular formula is C19H19N5O4S2. The summed E-state index contributed by atoms with van der Waals surface area (Å²) in [4.78, 5) is 0.0641. The van der Waals surface area contributed by atoms with E-state index in [0.29, 0.717) is 22.2 Å². The van der Waals surface area contributed by atoms with Crippen LogP contribution in [0.25, 0.3) is 0 Å². The van der Waals surface area contributed by atoms with Gasteiger partial charge in [-0.3, -0.25) is 4.72 Å². The lowest BCUT2D eigenvalue weighted by atomic mass is 10.3. The maximum atomic E-state index is 12.5. The normalized spacial score (nSPS) is 10.7. The number of aromatic nitrogens is 2. The number of para-hydroxylation sites is 2. The molecule has 0 saturated heterocycles. The molecule has 0 amide bonds. The third-order valence-electron chi connectivity index (χ3n) is 3.87. The van der Waals surface area contributed by atoms with Crippen molar-refractivity contribution in [2.75, 3.05) is 29.6 Å². The quantitative estimate of drug-likeness (QED) is 0.472. The van der Waals surface area contributed by atoms with Gasteiger partial charge in [-0.1, -0.05) is 12.1 Å². The van der Waals surface area contributed by atoms with Crippen LogP contribution in [0.4, 0.5) is 17.2 Å². The van der Waals surface area contributed by atoms with E-state index in [9.17, 15) is 8.42 Å². The zero-order valence-corrected chi connectivity index (χ0v) is 17.8. The topological polar surface area (TPSA) is 114 Å². The molecule has 0 aliphatic heterocycles. The number of hydrogen-bond donors (Lipinski definition) is 3. The van der Waals surface area contributed by atoms with Crippen molar-refractivity contribution < 1.29 is 17.9 Å². The molecule has 0 unspecified atom stereocenters. The van der Waals surface area contributed by atoms with E-state index in [1.807, 2.05) is 24.3 Å². The van der Waals surface area contributed by atoms with E-state index in [-0.39, 0.29) is 16.6 Å². The molecule has 0 aliphatic rings. The maximum absolute atomic E-state index is 12.5. The first kappa shape index (κ1) is 21.3. The van der Waals surface area contributed by atoms with Crippen molar-refractivity contribution in [1.29, 1.82) is 0 Å². The van der Waals surface area contributed by atoms with Gasteiger partial charge in [0.2, 0.25) is 5.88 Å². The Balaban J connectivity index is 1.65. The summed E-state index contributed by atoms with van der Waals surface area (Å²) in [6.07, 6.45) is 0. The molecule has 30 heavy (non-hydrogen) atoms. The van der Waals surface area contributed by atoms with Crippen molar-refractivity contribution in [3.63, 3.8) is 0 Å². The van der Waals surface area contributed by atoms with Gasteiger partial charge in [0.05, 0.1) is 24.8 Å². The molecule has 3 N–H and O–H groups in total. The van der Waals surface area contributed by atoms with Crippen LogP contribution in [0.3, 0.4) is 0 Å². The van der Waals surface area contributed by atoms with Gasteiger partial charge < -0.3 is 20.1 Å². The average Bonchev–Trinajstić information content (AvgIpc) is 2.75. The average molecular weight is 446 g/mol. The van der Waals surface area contributed by atoms with Crippen LogP contribution in [0.15, 0.2) is 65.6 Å². The number of sulfonamides is 1. The largest absolute Gasteiger partial charge is 0.495 e. The van der Waals surface area contributed by atoms with Gasteiger partial charge in [0.15, 0.2) is 10.9 Å². The number of hydrogen-bond acceptors (Lipinski definition) is 7. The molecule has 0 atom stereocenters. The van der Waals surface area contributed by atoms with Crippen LogP contribution in [0.1, 0.15) is 0 Å². The van der Waals surface area contributed by atoms with Gasteiger partial charge in [-0.25, -0.2) is 8.42 Å². The van der Waals surface area contributed by atoms with E-state index in [1.54, 1.807) is 19.2 Å². The molecule has 3 aromatic rings. The minimum atomic E-state index is -3.82. The van der Waals surface area contributed by atoms with Gasteiger partial charge in [0, 0.05) is 11.8 Å². The van der Waals surface area contributed by atoms with Crippen LogP contribution in [-0.2, 0) is 10.0 Å². The predicted molar refractivity (Wildman–Crippen MR) is 119 cm³/mol. The van der Waals surface area contributed by atoms with Crippen molar-refractivity contribution in [3.8, 4) is 11.6 Å². The standard InChI is InChI=1S/C19H19N5O4S2/c1-27-16-6-4-3-5-15(16)21-19(29)20-13-7-9-14(10-8-13)30(25,26)24-17-11-12-18(28-2)23-22-17/h3-12H,1-2H3,(H,22,24)(H2,20,21,29). The fourth-order valence-corrected chi connectivity index (χ4v) is 3.65. The summed E-state index contributed by atoms with van der Waals surface area (Å²) < 4.78 is 37.6. The highest BCUT2D eigenvalue weighted by Crippen LogP contribution is 2.23. The molecule has 0 spiro atoms. The number of ether oxygens (including phenoxy) is 2. The molecule has 2 aromatic carbocycles. The number of anilines is 3. The molecule has 0 saturated carbocycles. The van der Waals surface area contributed by atoms with Gasteiger partial charge in [-0.15, -0.1) is 10.2 Å². The monoisotopic (exact) mass is 445 g/mol. The molecule has 1 heterocycles. The second-order valence-electron chi connectivity index (χ2n) is 5.87. The lowest BCUT2D eigenvalue weighted by molar-refractivity contribution is 0.392. The number of nitrogens with zero attached hydrogens (tertiary/aromatic N) is 2. The number of thiocarbonyl (C=S) groups is 1. The Bertz CT molecular complexity index is 1120. The minimum absolute atomic E-state index is 0.0641. The van der Waals surface area contributed by atoms with Crippen LogP contribution in [0.5, 0.6) is 11.6 Å². The second kappa shape index (κ2) is 9.37. The van der Waals surface area contributed by atoms with Crippen molar-refractivity contribution >= 4 is 44.5 Å². The number of methoxy groups -OCH3 is 2. The Morgan fingerprint density at radius 2 is 1.63 bits per heavy atom. The molecule has 0 fully saturated rings. The van der Waals surface area contributed by atoms with Crippen LogP contribution in [0.2, 0.25) is 0 Å². The van der Waals surface area contributed by atoms with Gasteiger partial charge in [-0.2, -0.15) is 0 Å². The summed E-state index contributed by atoms with van der Waals surface area (Å²) in [5.74, 6) is 1.02. The maximum Gasteiger partial charge on any atom is 0.263 e. The molecule has 0 bridgehead atoms. The Kier molecular flexibility index (Phi) is 6.65. The third-order valence-corrected chi connectivity index (χ3v) is 5.44. The van der Waals surface area contributed by atoms with Gasteiger partial charge in [-0.05, 0) is 54.7 Å². The van der Waals surface area contributed by atoms with Gasteiger partial charge >= 0.3 is 0 Å². The Morgan fingerprint density at radius 3 is 2.27 bits per heavy atom. The molecule has 0 aliphatic carbocycles. The Hall–Kier alpha value is -3.44. The zero-order valence-electron chi connectivity index (χ0n) is 16.1. The number of benzene rings is 2. The van der Waals surface area contributed by atoms with Gasteiger partial charge in [0.25, 0.3) is 10.0 Å². The second-order valence-corrected chi connectivity index (χ2v) is 7.96. The molecule has 9 nitrogen and oxygen atoms in total. The summed E-state index contributed by atoms with van der Waals surface area (Å²) >= 11 is 5.31. The van der Waals surface area contributed by atoms with Crippen molar-refractivity contribution in [2.45, 2.75) is 4.90 Å². The first-order chi connectivity index (χ1) is 14.4. The van der Waals surface area contributed by atoms with Crippen LogP contribution >= 0.6 is 12.2 Å². The SMILES string of the molecule is COc1ccc(NS(=O)(=O)c2ccc(NC(=S)Nc3ccccc3OC)cc2)nn1. The van der Waals surface area contributed by atoms with Crippen LogP contribution < -0.4 is 24.8 Å². The van der Waals surface area contributed by atoms with Gasteiger partial charge in [0.1, 0.15) is 5.75 Å². The van der Waals surface area contributed by atoms with E-state index in [1.165, 1.54) is 31.4 Å². The Morgan fingerprint density at radius 1 is 0.900 bits per heavy atom. The lowest BCUT2D eigenvalue weighted by Gasteiger charge is -2.13. The highest BCUT2D eigenvalue weighted by atomic mass is 32.2. The van der Waals surface area contributed by atoms with E-state index in [0.717, 1.165) is 0 Å². The summed E-state index contributed by atoms with van der Waals surface area (Å²) in [5.41, 5.74) is 1.33. The fourth-order valence-electron chi connectivity index (χ4n) is 2.43. The van der Waals surface area contributed by atoms with E-state index >= 15 is 0 Å². The summed E-state index contributed by atoms with van der Waals surface area (Å²) in [6, 6.07) is 16.4. The fraction of sp³-hybridized carbons (Fsp3) is 0.105. The summed E-state index contributed by atoms with van der Waals surface area (Å²) in [5, 5.41) is 13.9. The molecule has 3 rings (SSSR count). The lowest BCUT2D eigenvalue weighted by Crippen LogP contribution is -2.19. The molecule has 11 heteroatoms. The summed E-state index contributed by atoms with van der Waals surface area (Å²) in [7, 11) is -0.805. The molecular weight excluding hydrogens is 426 g/mol. The van der Waals surface area contributed by atoms with Crippen molar-refractivity contribution in [3.05, 3.63) is 60.7 Å². The highest BCUT2D eigenvalue weighted by Gasteiger charge is 2.15. The van der Waals surface area contributed by atoms with E-state index in [2.05, 4.69) is 25.6 Å². The van der Waals surface area contributed by atoms with Crippen LogP contribution in [0, 0.1) is 0 Å². The number of nitrogens with one attached hydrogen (secondary N) is 3. The number of rotatable bonds is 7. The molecule has 1 aromatic heterocycles. The predicted octanol–water partition coefficient (Wildman–Crippen LogP) is 3.10. The smallest absolute Gasteiger partial charge is 0.263 e.